The first kappa shape index (κ1) is 22.4. The maximum absolute atomic E-state index is 15.0. The zero-order valence-electron chi connectivity index (χ0n) is 18.1. The zero-order valence-corrected chi connectivity index (χ0v) is 18.9. The first-order valence-electron chi connectivity index (χ1n) is 10.9. The van der Waals surface area contributed by atoms with Crippen LogP contribution in [0.1, 0.15) is 23.2 Å². The Hall–Kier alpha value is -3.38. The van der Waals surface area contributed by atoms with Gasteiger partial charge in [0.05, 0.1) is 11.3 Å². The highest BCUT2D eigenvalue weighted by Crippen LogP contribution is 2.29. The molecule has 3 aromatic rings. The third-order valence-electron chi connectivity index (χ3n) is 6.23. The maximum atomic E-state index is 15.0. The molecule has 2 aliphatic rings. The number of carbonyl (C=O) groups is 2. The first-order valence-corrected chi connectivity index (χ1v) is 11.8. The molecule has 2 N–H and O–H groups in total. The van der Waals surface area contributed by atoms with Crippen molar-refractivity contribution < 1.29 is 23.8 Å². The fraction of sp³-hybridized carbons (Fsp3) is 0.409. The van der Waals surface area contributed by atoms with Crippen LogP contribution in [0.25, 0.3) is 16.2 Å². The Morgan fingerprint density at radius 1 is 1.29 bits per heavy atom. The SMILES string of the molecule is O=C(O)c1cn(-c2nccs2)c2nc(N3CC(C(=O)NCC4CCOCC4)C3)c(F)cc2c1=O. The summed E-state index contributed by atoms with van der Waals surface area (Å²) in [5, 5.41) is 14.3. The number of anilines is 1. The number of hydrogen-bond acceptors (Lipinski definition) is 8. The number of carboxylic acids is 1. The summed E-state index contributed by atoms with van der Waals surface area (Å²) in [4.78, 5) is 46.9. The summed E-state index contributed by atoms with van der Waals surface area (Å²) in [6, 6.07) is 1.01. The van der Waals surface area contributed by atoms with Crippen molar-refractivity contribution in [3.8, 4) is 5.13 Å². The molecule has 5 rings (SSSR count). The summed E-state index contributed by atoms with van der Waals surface area (Å²) >= 11 is 1.23. The Bertz CT molecular complexity index is 1300. The Kier molecular flexibility index (Phi) is 6.00. The Morgan fingerprint density at radius 3 is 2.74 bits per heavy atom. The van der Waals surface area contributed by atoms with E-state index in [1.54, 1.807) is 10.3 Å². The lowest BCUT2D eigenvalue weighted by molar-refractivity contribution is -0.126. The van der Waals surface area contributed by atoms with E-state index < -0.39 is 22.8 Å². The summed E-state index contributed by atoms with van der Waals surface area (Å²) in [6.07, 6.45) is 4.54. The number of carboxylic acid groups (broad SMARTS) is 1. The molecule has 0 aromatic carbocycles. The Morgan fingerprint density at radius 2 is 2.06 bits per heavy atom. The predicted molar refractivity (Wildman–Crippen MR) is 122 cm³/mol. The molecule has 5 heterocycles. The van der Waals surface area contributed by atoms with Gasteiger partial charge in [0.2, 0.25) is 11.3 Å². The van der Waals surface area contributed by atoms with Gasteiger partial charge < -0.3 is 20.1 Å². The summed E-state index contributed by atoms with van der Waals surface area (Å²) < 4.78 is 21.7. The number of nitrogens with zero attached hydrogens (tertiary/aromatic N) is 4. The first-order chi connectivity index (χ1) is 16.4. The minimum atomic E-state index is -1.42. The molecule has 0 bridgehead atoms. The molecule has 0 saturated carbocycles. The second-order valence-electron chi connectivity index (χ2n) is 8.43. The third-order valence-corrected chi connectivity index (χ3v) is 7.00. The van der Waals surface area contributed by atoms with Gasteiger partial charge in [0.1, 0.15) is 5.56 Å². The molecule has 10 nitrogen and oxygen atoms in total. The largest absolute Gasteiger partial charge is 0.477 e. The number of halogens is 1. The molecule has 12 heteroatoms. The van der Waals surface area contributed by atoms with Crippen LogP contribution >= 0.6 is 11.3 Å². The highest BCUT2D eigenvalue weighted by atomic mass is 32.1. The van der Waals surface area contributed by atoms with Crippen molar-refractivity contribution in [3.63, 3.8) is 0 Å². The van der Waals surface area contributed by atoms with E-state index in [0.29, 0.717) is 43.9 Å². The van der Waals surface area contributed by atoms with Gasteiger partial charge >= 0.3 is 5.97 Å². The van der Waals surface area contributed by atoms with Crippen LogP contribution in [0.3, 0.4) is 0 Å². The number of rotatable bonds is 6. The number of nitrogens with one attached hydrogen (secondary N) is 1. The van der Waals surface area contributed by atoms with Gasteiger partial charge in [-0.2, -0.15) is 0 Å². The number of fused-ring (bicyclic) bond motifs is 1. The maximum Gasteiger partial charge on any atom is 0.341 e. The van der Waals surface area contributed by atoms with Gasteiger partial charge in [-0.05, 0) is 24.8 Å². The number of aromatic carboxylic acids is 1. The molecule has 0 spiro atoms. The van der Waals surface area contributed by atoms with Gasteiger partial charge in [-0.1, -0.05) is 0 Å². The van der Waals surface area contributed by atoms with Crippen molar-refractivity contribution >= 4 is 40.1 Å². The lowest BCUT2D eigenvalue weighted by Gasteiger charge is -2.39. The average Bonchev–Trinajstić information content (AvgIpc) is 3.33. The van der Waals surface area contributed by atoms with E-state index >= 15 is 0 Å². The second kappa shape index (κ2) is 9.11. The summed E-state index contributed by atoms with van der Waals surface area (Å²) in [5.74, 6) is -2.11. The number of thiazole rings is 1. The van der Waals surface area contributed by atoms with E-state index in [-0.39, 0.29) is 28.7 Å². The number of carbonyl (C=O) groups excluding carboxylic acids is 1. The average molecular weight is 488 g/mol. The number of pyridine rings is 2. The lowest BCUT2D eigenvalue weighted by atomic mass is 9.97. The minimum absolute atomic E-state index is 0.00811. The molecular weight excluding hydrogens is 465 g/mol. The van der Waals surface area contributed by atoms with Crippen LogP contribution in [0.4, 0.5) is 10.2 Å². The van der Waals surface area contributed by atoms with Crippen LogP contribution in [-0.4, -0.2) is 64.4 Å². The van der Waals surface area contributed by atoms with Crippen molar-refractivity contribution in [2.24, 2.45) is 11.8 Å². The summed E-state index contributed by atoms with van der Waals surface area (Å²) in [5.41, 5.74) is -1.21. The van der Waals surface area contributed by atoms with E-state index in [2.05, 4.69) is 15.3 Å². The topological polar surface area (TPSA) is 127 Å². The van der Waals surface area contributed by atoms with Crippen molar-refractivity contribution in [2.75, 3.05) is 37.7 Å². The van der Waals surface area contributed by atoms with Crippen LogP contribution in [0.15, 0.2) is 28.6 Å². The summed E-state index contributed by atoms with van der Waals surface area (Å²) in [7, 11) is 0. The number of aromatic nitrogens is 3. The predicted octanol–water partition coefficient (Wildman–Crippen LogP) is 1.66. The van der Waals surface area contributed by atoms with Gasteiger partial charge in [-0.15, -0.1) is 11.3 Å². The van der Waals surface area contributed by atoms with Crippen LogP contribution in [0.5, 0.6) is 0 Å². The van der Waals surface area contributed by atoms with Gasteiger partial charge in [-0.25, -0.2) is 19.2 Å². The molecule has 34 heavy (non-hydrogen) atoms. The Labute approximate surface area is 197 Å². The molecular formula is C22H22FN5O5S. The van der Waals surface area contributed by atoms with E-state index in [1.807, 2.05) is 0 Å². The van der Waals surface area contributed by atoms with E-state index in [9.17, 15) is 23.9 Å². The molecule has 2 fully saturated rings. The lowest BCUT2D eigenvalue weighted by Crippen LogP contribution is -2.54. The number of hydrogen-bond donors (Lipinski definition) is 2. The fourth-order valence-electron chi connectivity index (χ4n) is 4.23. The van der Waals surface area contributed by atoms with E-state index in [4.69, 9.17) is 4.74 Å². The monoisotopic (exact) mass is 487 g/mol. The number of amides is 1. The van der Waals surface area contributed by atoms with Crippen LogP contribution in [0, 0.1) is 17.7 Å². The zero-order chi connectivity index (χ0) is 23.8. The van der Waals surface area contributed by atoms with Gasteiger partial charge in [0.25, 0.3) is 0 Å². The van der Waals surface area contributed by atoms with Crippen molar-refractivity contribution in [3.05, 3.63) is 45.4 Å². The Balaban J connectivity index is 1.38. The third kappa shape index (κ3) is 4.14. The van der Waals surface area contributed by atoms with Crippen LogP contribution < -0.4 is 15.6 Å². The fourth-order valence-corrected chi connectivity index (χ4v) is 4.84. The molecule has 0 radical (unpaired) electrons. The molecule has 1 amide bonds. The molecule has 2 aliphatic heterocycles. The highest BCUT2D eigenvalue weighted by molar-refractivity contribution is 7.12. The van der Waals surface area contributed by atoms with Gasteiger partial charge in [-0.3, -0.25) is 14.2 Å². The molecule has 3 aromatic heterocycles. The van der Waals surface area contributed by atoms with Crippen LogP contribution in [0.2, 0.25) is 0 Å². The van der Waals surface area contributed by atoms with Crippen molar-refractivity contribution in [1.29, 1.82) is 0 Å². The quantitative estimate of drug-likeness (QED) is 0.538. The van der Waals surface area contributed by atoms with Crippen LogP contribution in [-0.2, 0) is 9.53 Å². The smallest absolute Gasteiger partial charge is 0.341 e. The van der Waals surface area contributed by atoms with Crippen molar-refractivity contribution in [2.45, 2.75) is 12.8 Å². The molecule has 2 saturated heterocycles. The van der Waals surface area contributed by atoms with Gasteiger partial charge in [0, 0.05) is 50.6 Å². The second-order valence-corrected chi connectivity index (χ2v) is 9.30. The molecule has 0 unspecified atom stereocenters. The summed E-state index contributed by atoms with van der Waals surface area (Å²) in [6.45, 7) is 2.62. The number of ether oxygens (including phenoxy) is 1. The van der Waals surface area contributed by atoms with E-state index in [1.165, 1.54) is 22.1 Å². The molecule has 178 valence electrons. The normalized spacial score (nSPS) is 17.0. The standard InChI is InChI=1S/C22H22FN5O5S/c23-16-7-14-17(29)15(21(31)32)11-28(22-24-3-6-34-22)18(14)26-19(16)27-9-13(10-27)20(30)25-8-12-1-4-33-5-2-12/h3,6-7,11-13H,1-2,4-5,8-10H2,(H,25,30)(H,31,32). The highest BCUT2D eigenvalue weighted by Gasteiger charge is 2.35. The van der Waals surface area contributed by atoms with Gasteiger partial charge in [0.15, 0.2) is 22.4 Å². The molecule has 0 aliphatic carbocycles. The van der Waals surface area contributed by atoms with Crippen molar-refractivity contribution in [1.82, 2.24) is 19.9 Å². The molecule has 0 atom stereocenters. The van der Waals surface area contributed by atoms with E-state index in [0.717, 1.165) is 25.1 Å². The minimum Gasteiger partial charge on any atom is -0.477 e.